The summed E-state index contributed by atoms with van der Waals surface area (Å²) in [5.74, 6) is 0.348. The van der Waals surface area contributed by atoms with Crippen molar-refractivity contribution in [1.29, 1.82) is 0 Å². The van der Waals surface area contributed by atoms with E-state index in [1.165, 1.54) is 4.90 Å². The van der Waals surface area contributed by atoms with E-state index in [0.717, 1.165) is 16.3 Å². The first-order valence-electron chi connectivity index (χ1n) is 9.28. The van der Waals surface area contributed by atoms with Crippen LogP contribution in [0.3, 0.4) is 0 Å². The number of anilines is 1. The Morgan fingerprint density at radius 3 is 2.54 bits per heavy atom. The molecule has 4 rings (SSSR count). The van der Waals surface area contributed by atoms with Gasteiger partial charge in [-0.25, -0.2) is 0 Å². The molecule has 1 aliphatic heterocycles. The summed E-state index contributed by atoms with van der Waals surface area (Å²) in [5, 5.41) is 2.18. The van der Waals surface area contributed by atoms with Crippen molar-refractivity contribution in [2.24, 2.45) is 0 Å². The van der Waals surface area contributed by atoms with Gasteiger partial charge in [-0.3, -0.25) is 9.59 Å². The second-order valence-corrected chi connectivity index (χ2v) is 7.13. The van der Waals surface area contributed by atoms with Crippen LogP contribution in [0.2, 0.25) is 0 Å². The van der Waals surface area contributed by atoms with Gasteiger partial charge in [0.25, 0.3) is 5.91 Å². The number of nitrogens with zero attached hydrogens (tertiary/aromatic N) is 2. The maximum Gasteiger partial charge on any atom is 0.265 e. The molecule has 142 valence electrons. The minimum absolute atomic E-state index is 0.0522. The van der Waals surface area contributed by atoms with Gasteiger partial charge in [0.1, 0.15) is 5.75 Å². The number of carbonyl (C=O) groups is 2. The Bertz CT molecular complexity index is 1040. The number of carbonyl (C=O) groups excluding carboxylic acids is 2. The largest absolute Gasteiger partial charge is 0.476 e. The number of benzene rings is 3. The third kappa shape index (κ3) is 3.31. The summed E-state index contributed by atoms with van der Waals surface area (Å²) < 4.78 is 5.87. The summed E-state index contributed by atoms with van der Waals surface area (Å²) in [6.45, 7) is 0.206. The van der Waals surface area contributed by atoms with Crippen LogP contribution >= 0.6 is 0 Å². The fourth-order valence-electron chi connectivity index (χ4n) is 3.59. The number of para-hydroxylation sites is 2. The van der Waals surface area contributed by atoms with Crippen LogP contribution in [0.4, 0.5) is 5.69 Å². The zero-order valence-corrected chi connectivity index (χ0v) is 16.0. The average Bonchev–Trinajstić information content (AvgIpc) is 2.72. The Morgan fingerprint density at radius 1 is 1.00 bits per heavy atom. The number of likely N-dealkylation sites (N-methyl/N-ethyl adjacent to an activating group) is 1. The van der Waals surface area contributed by atoms with Gasteiger partial charge in [0.15, 0.2) is 6.10 Å². The molecule has 0 saturated carbocycles. The minimum Gasteiger partial charge on any atom is -0.476 e. The average molecular weight is 374 g/mol. The van der Waals surface area contributed by atoms with Gasteiger partial charge < -0.3 is 14.5 Å². The van der Waals surface area contributed by atoms with Crippen LogP contribution < -0.4 is 9.64 Å². The lowest BCUT2D eigenvalue weighted by molar-refractivity contribution is -0.136. The van der Waals surface area contributed by atoms with Crippen LogP contribution in [0, 0.1) is 0 Å². The van der Waals surface area contributed by atoms with Crippen molar-refractivity contribution >= 4 is 28.3 Å². The van der Waals surface area contributed by atoms with Crippen molar-refractivity contribution in [2.75, 3.05) is 25.5 Å². The van der Waals surface area contributed by atoms with Gasteiger partial charge in [-0.1, -0.05) is 54.6 Å². The third-order valence-electron chi connectivity index (χ3n) is 5.01. The molecule has 0 fully saturated rings. The zero-order chi connectivity index (χ0) is 19.7. The zero-order valence-electron chi connectivity index (χ0n) is 16.0. The van der Waals surface area contributed by atoms with Crippen LogP contribution in [-0.4, -0.2) is 43.5 Å². The topological polar surface area (TPSA) is 49.9 Å². The van der Waals surface area contributed by atoms with E-state index >= 15 is 0 Å². The van der Waals surface area contributed by atoms with Gasteiger partial charge in [-0.05, 0) is 28.5 Å². The molecule has 1 heterocycles. The smallest absolute Gasteiger partial charge is 0.265 e. The van der Waals surface area contributed by atoms with Crippen molar-refractivity contribution in [2.45, 2.75) is 12.5 Å². The van der Waals surface area contributed by atoms with Crippen molar-refractivity contribution in [3.05, 3.63) is 72.3 Å². The first-order valence-corrected chi connectivity index (χ1v) is 9.28. The molecule has 0 radical (unpaired) electrons. The van der Waals surface area contributed by atoms with E-state index in [9.17, 15) is 9.59 Å². The van der Waals surface area contributed by atoms with E-state index in [2.05, 4.69) is 0 Å². The molecule has 0 spiro atoms. The van der Waals surface area contributed by atoms with Crippen molar-refractivity contribution in [1.82, 2.24) is 4.90 Å². The van der Waals surface area contributed by atoms with Crippen LogP contribution in [0.15, 0.2) is 66.7 Å². The first kappa shape index (κ1) is 18.0. The Kier molecular flexibility index (Phi) is 4.74. The molecule has 0 aromatic heterocycles. The summed E-state index contributed by atoms with van der Waals surface area (Å²) >= 11 is 0. The predicted molar refractivity (Wildman–Crippen MR) is 110 cm³/mol. The third-order valence-corrected chi connectivity index (χ3v) is 5.01. The Morgan fingerprint density at radius 2 is 1.71 bits per heavy atom. The highest BCUT2D eigenvalue weighted by atomic mass is 16.5. The fourth-order valence-corrected chi connectivity index (χ4v) is 3.59. The highest BCUT2D eigenvalue weighted by molar-refractivity contribution is 6.00. The normalized spacial score (nSPS) is 15.6. The van der Waals surface area contributed by atoms with Crippen LogP contribution in [0.5, 0.6) is 5.75 Å². The quantitative estimate of drug-likeness (QED) is 0.707. The fraction of sp³-hybridized carbons (Fsp3) is 0.217. The van der Waals surface area contributed by atoms with Crippen molar-refractivity contribution < 1.29 is 14.3 Å². The summed E-state index contributed by atoms with van der Waals surface area (Å²) in [6, 6.07) is 21.4. The molecular weight excluding hydrogens is 352 g/mol. The Balaban J connectivity index is 1.66. The maximum atomic E-state index is 13.3. The van der Waals surface area contributed by atoms with Gasteiger partial charge in [-0.15, -0.1) is 0 Å². The van der Waals surface area contributed by atoms with Crippen LogP contribution in [-0.2, 0) is 16.0 Å². The monoisotopic (exact) mass is 374 g/mol. The van der Waals surface area contributed by atoms with E-state index in [0.29, 0.717) is 11.4 Å². The lowest BCUT2D eigenvalue weighted by Crippen LogP contribution is -2.50. The predicted octanol–water partition coefficient (Wildman–Crippen LogP) is 3.26. The number of ether oxygens (including phenoxy) is 1. The highest BCUT2D eigenvalue weighted by Crippen LogP contribution is 2.34. The number of hydrogen-bond acceptors (Lipinski definition) is 3. The molecule has 0 N–H and O–H groups in total. The van der Waals surface area contributed by atoms with Gasteiger partial charge in [0.2, 0.25) is 5.91 Å². The molecule has 5 nitrogen and oxygen atoms in total. The molecule has 0 bridgehead atoms. The molecule has 0 aliphatic carbocycles. The van der Waals surface area contributed by atoms with E-state index in [4.69, 9.17) is 4.74 Å². The Hall–Kier alpha value is -3.34. The minimum atomic E-state index is -0.707. The van der Waals surface area contributed by atoms with Gasteiger partial charge in [0, 0.05) is 14.1 Å². The van der Waals surface area contributed by atoms with E-state index in [1.54, 1.807) is 25.1 Å². The molecule has 3 aromatic carbocycles. The Labute approximate surface area is 164 Å². The molecule has 0 saturated heterocycles. The summed E-state index contributed by atoms with van der Waals surface area (Å²) in [4.78, 5) is 28.9. The van der Waals surface area contributed by atoms with E-state index in [1.807, 2.05) is 60.7 Å². The summed E-state index contributed by atoms with van der Waals surface area (Å²) in [6.07, 6.45) is -0.445. The molecule has 0 unspecified atom stereocenters. The molecule has 5 heteroatoms. The lowest BCUT2D eigenvalue weighted by atomic mass is 10.0. The second kappa shape index (κ2) is 7.35. The summed E-state index contributed by atoms with van der Waals surface area (Å²) in [5.41, 5.74) is 1.68. The van der Waals surface area contributed by atoms with E-state index < -0.39 is 6.10 Å². The highest BCUT2D eigenvalue weighted by Gasteiger charge is 2.34. The first-order chi connectivity index (χ1) is 13.5. The number of rotatable bonds is 3. The standard InChI is InChI=1S/C23H22N2O3/c1-24(2)23(27)21-15-25(19-12-5-6-13-20(19)28-21)22(26)14-17-10-7-9-16-8-3-4-11-18(16)17/h3-13,21H,14-15H2,1-2H3/t21-/m1/s1. The number of amides is 2. The van der Waals surface area contributed by atoms with Gasteiger partial charge >= 0.3 is 0 Å². The number of fused-ring (bicyclic) bond motifs is 2. The number of hydrogen-bond donors (Lipinski definition) is 0. The van der Waals surface area contributed by atoms with Crippen LogP contribution in [0.25, 0.3) is 10.8 Å². The van der Waals surface area contributed by atoms with Gasteiger partial charge in [0.05, 0.1) is 18.7 Å². The van der Waals surface area contributed by atoms with E-state index in [-0.39, 0.29) is 24.8 Å². The molecule has 3 aromatic rings. The summed E-state index contributed by atoms with van der Waals surface area (Å²) in [7, 11) is 3.38. The van der Waals surface area contributed by atoms with Crippen molar-refractivity contribution in [3.63, 3.8) is 0 Å². The van der Waals surface area contributed by atoms with Gasteiger partial charge in [-0.2, -0.15) is 0 Å². The second-order valence-electron chi connectivity index (χ2n) is 7.13. The molecule has 1 atom stereocenters. The van der Waals surface area contributed by atoms with Crippen LogP contribution in [0.1, 0.15) is 5.56 Å². The SMILES string of the molecule is CN(C)C(=O)[C@H]1CN(C(=O)Cc2cccc3ccccc23)c2ccccc2O1. The molecule has 2 amide bonds. The molecular formula is C23H22N2O3. The molecule has 1 aliphatic rings. The lowest BCUT2D eigenvalue weighted by Gasteiger charge is -2.35. The maximum absolute atomic E-state index is 13.3. The molecule has 28 heavy (non-hydrogen) atoms. The van der Waals surface area contributed by atoms with Crippen molar-refractivity contribution in [3.8, 4) is 5.75 Å².